The van der Waals surface area contributed by atoms with Crippen LogP contribution in [0.4, 0.5) is 11.4 Å². The van der Waals surface area contributed by atoms with Gasteiger partial charge in [-0.1, -0.05) is 37.6 Å². The Kier molecular flexibility index (Phi) is 4.82. The Balaban J connectivity index is 1.68. The lowest BCUT2D eigenvalue weighted by atomic mass is 9.95. The van der Waals surface area contributed by atoms with Crippen molar-refractivity contribution in [1.29, 1.82) is 0 Å². The zero-order chi connectivity index (χ0) is 18.0. The van der Waals surface area contributed by atoms with Crippen molar-refractivity contribution in [3.8, 4) is 0 Å². The lowest BCUT2D eigenvalue weighted by molar-refractivity contribution is -0.119. The highest BCUT2D eigenvalue weighted by molar-refractivity contribution is 6.30. The largest absolute Gasteiger partial charge is 0.326 e. The van der Waals surface area contributed by atoms with E-state index < -0.39 is 5.41 Å². The van der Waals surface area contributed by atoms with Crippen LogP contribution in [-0.4, -0.2) is 11.8 Å². The second-order valence-corrected chi connectivity index (χ2v) is 7.20. The molecule has 5 heteroatoms. The normalized spacial score (nSPS) is 14.9. The maximum atomic E-state index is 12.7. The third-order valence-corrected chi connectivity index (χ3v) is 4.73. The Hall–Kier alpha value is -2.33. The summed E-state index contributed by atoms with van der Waals surface area (Å²) in [6.07, 6.45) is 1.64. The van der Waals surface area contributed by atoms with E-state index in [1.807, 2.05) is 38.1 Å². The van der Waals surface area contributed by atoms with Crippen molar-refractivity contribution in [2.75, 3.05) is 10.6 Å². The second kappa shape index (κ2) is 6.89. The number of carbonyl (C=O) groups excluding carboxylic acids is 2. The van der Waals surface area contributed by atoms with Gasteiger partial charge in [-0.05, 0) is 54.8 Å². The van der Waals surface area contributed by atoms with Crippen LogP contribution in [0.5, 0.6) is 0 Å². The molecule has 130 valence electrons. The van der Waals surface area contributed by atoms with Gasteiger partial charge in [-0.2, -0.15) is 0 Å². The molecule has 0 saturated heterocycles. The smallest absolute Gasteiger partial charge is 0.235 e. The number of amides is 2. The molecule has 0 spiro atoms. The summed E-state index contributed by atoms with van der Waals surface area (Å²) in [5, 5.41) is 6.44. The number of halogens is 1. The first-order chi connectivity index (χ1) is 11.9. The predicted octanol–water partition coefficient (Wildman–Crippen LogP) is 4.60. The van der Waals surface area contributed by atoms with Gasteiger partial charge in [0.2, 0.25) is 11.8 Å². The van der Waals surface area contributed by atoms with Crippen LogP contribution in [0.15, 0.2) is 48.5 Å². The van der Waals surface area contributed by atoms with Crippen LogP contribution >= 0.6 is 11.6 Å². The van der Waals surface area contributed by atoms with E-state index in [1.54, 1.807) is 24.3 Å². The molecule has 0 heterocycles. The predicted molar refractivity (Wildman–Crippen MR) is 101 cm³/mol. The molecule has 1 saturated carbocycles. The van der Waals surface area contributed by atoms with Crippen LogP contribution in [0, 0.1) is 5.92 Å². The second-order valence-electron chi connectivity index (χ2n) is 6.77. The molecule has 0 aromatic heterocycles. The molecule has 1 aliphatic rings. The van der Waals surface area contributed by atoms with Crippen molar-refractivity contribution in [3.05, 3.63) is 59.1 Å². The Morgan fingerprint density at radius 2 is 1.60 bits per heavy atom. The van der Waals surface area contributed by atoms with Gasteiger partial charge in [0.1, 0.15) is 0 Å². The van der Waals surface area contributed by atoms with Crippen molar-refractivity contribution in [1.82, 2.24) is 0 Å². The number of carbonyl (C=O) groups is 2. The van der Waals surface area contributed by atoms with Crippen molar-refractivity contribution in [2.45, 2.75) is 32.1 Å². The molecule has 1 aliphatic carbocycles. The van der Waals surface area contributed by atoms with Gasteiger partial charge in [0, 0.05) is 22.3 Å². The summed E-state index contributed by atoms with van der Waals surface area (Å²) in [6, 6.07) is 14.6. The third kappa shape index (κ3) is 3.85. The quantitative estimate of drug-likeness (QED) is 0.822. The number of hydrogen-bond donors (Lipinski definition) is 2. The molecule has 2 aromatic carbocycles. The molecule has 25 heavy (non-hydrogen) atoms. The van der Waals surface area contributed by atoms with Crippen LogP contribution in [0.2, 0.25) is 5.02 Å². The molecule has 0 bridgehead atoms. The molecule has 0 aliphatic heterocycles. The molecule has 3 rings (SSSR count). The van der Waals surface area contributed by atoms with E-state index in [2.05, 4.69) is 10.6 Å². The van der Waals surface area contributed by atoms with Gasteiger partial charge in [0.25, 0.3) is 0 Å². The molecule has 0 radical (unpaired) electrons. The van der Waals surface area contributed by atoms with Crippen LogP contribution in [-0.2, 0) is 15.0 Å². The monoisotopic (exact) mass is 356 g/mol. The Morgan fingerprint density at radius 3 is 2.12 bits per heavy atom. The average molecular weight is 357 g/mol. The molecule has 0 unspecified atom stereocenters. The summed E-state index contributed by atoms with van der Waals surface area (Å²) in [5.74, 6) is -0.129. The highest BCUT2D eigenvalue weighted by Gasteiger charge is 2.51. The summed E-state index contributed by atoms with van der Waals surface area (Å²) < 4.78 is 0. The van der Waals surface area contributed by atoms with Gasteiger partial charge < -0.3 is 10.6 Å². The van der Waals surface area contributed by atoms with E-state index in [-0.39, 0.29) is 17.7 Å². The first kappa shape index (κ1) is 17.5. The summed E-state index contributed by atoms with van der Waals surface area (Å²) in [5.41, 5.74) is 1.90. The molecule has 1 fully saturated rings. The maximum Gasteiger partial charge on any atom is 0.235 e. The average Bonchev–Trinajstić information content (AvgIpc) is 3.38. The van der Waals surface area contributed by atoms with Crippen molar-refractivity contribution in [3.63, 3.8) is 0 Å². The van der Waals surface area contributed by atoms with Gasteiger partial charge in [0.05, 0.1) is 5.41 Å². The zero-order valence-electron chi connectivity index (χ0n) is 14.3. The van der Waals surface area contributed by atoms with E-state index in [1.165, 1.54) is 0 Å². The van der Waals surface area contributed by atoms with E-state index in [0.717, 1.165) is 18.4 Å². The van der Waals surface area contributed by atoms with Crippen LogP contribution in [0.25, 0.3) is 0 Å². The molecular formula is C20H21ClN2O2. The zero-order valence-corrected chi connectivity index (χ0v) is 15.1. The van der Waals surface area contributed by atoms with Gasteiger partial charge in [0.15, 0.2) is 0 Å². The van der Waals surface area contributed by atoms with Crippen molar-refractivity contribution >= 4 is 34.8 Å². The Morgan fingerprint density at radius 1 is 1.00 bits per heavy atom. The number of hydrogen-bond acceptors (Lipinski definition) is 2. The molecule has 2 amide bonds. The highest BCUT2D eigenvalue weighted by Crippen LogP contribution is 2.49. The molecule has 2 N–H and O–H groups in total. The van der Waals surface area contributed by atoms with Gasteiger partial charge in [-0.3, -0.25) is 9.59 Å². The minimum absolute atomic E-state index is 0.0197. The van der Waals surface area contributed by atoms with Crippen LogP contribution in [0.3, 0.4) is 0 Å². The molecule has 4 nitrogen and oxygen atoms in total. The van der Waals surface area contributed by atoms with Gasteiger partial charge in [-0.15, -0.1) is 0 Å². The number of rotatable bonds is 5. The van der Waals surface area contributed by atoms with Crippen LogP contribution < -0.4 is 10.6 Å². The van der Waals surface area contributed by atoms with E-state index in [9.17, 15) is 9.59 Å². The van der Waals surface area contributed by atoms with Crippen LogP contribution in [0.1, 0.15) is 32.3 Å². The fourth-order valence-electron chi connectivity index (χ4n) is 2.73. The molecule has 0 atom stereocenters. The summed E-state index contributed by atoms with van der Waals surface area (Å²) in [6.45, 7) is 3.68. The number of nitrogens with one attached hydrogen (secondary N) is 2. The summed E-state index contributed by atoms with van der Waals surface area (Å²) >= 11 is 6.06. The summed E-state index contributed by atoms with van der Waals surface area (Å²) in [4.78, 5) is 24.4. The Bertz CT molecular complexity index is 796. The SMILES string of the molecule is CC(C)C(=O)Nc1ccc(NC(=O)C2(c3cccc(Cl)c3)CC2)cc1. The molecule has 2 aromatic rings. The number of anilines is 2. The minimum atomic E-state index is -0.477. The number of benzene rings is 2. The van der Waals surface area contributed by atoms with E-state index in [4.69, 9.17) is 11.6 Å². The van der Waals surface area contributed by atoms with Crippen molar-refractivity contribution in [2.24, 2.45) is 5.92 Å². The third-order valence-electron chi connectivity index (χ3n) is 4.50. The van der Waals surface area contributed by atoms with E-state index in [0.29, 0.717) is 16.4 Å². The van der Waals surface area contributed by atoms with Gasteiger partial charge in [-0.25, -0.2) is 0 Å². The fraction of sp³-hybridized carbons (Fsp3) is 0.300. The standard InChI is InChI=1S/C20H21ClN2O2/c1-13(2)18(24)22-16-6-8-17(9-7-16)23-19(25)20(10-11-20)14-4-3-5-15(21)12-14/h3-9,12-13H,10-11H2,1-2H3,(H,22,24)(H,23,25). The summed E-state index contributed by atoms with van der Waals surface area (Å²) in [7, 11) is 0. The maximum absolute atomic E-state index is 12.7. The minimum Gasteiger partial charge on any atom is -0.326 e. The first-order valence-corrected chi connectivity index (χ1v) is 8.77. The first-order valence-electron chi connectivity index (χ1n) is 8.39. The van der Waals surface area contributed by atoms with Crippen molar-refractivity contribution < 1.29 is 9.59 Å². The molecular weight excluding hydrogens is 336 g/mol. The highest BCUT2D eigenvalue weighted by atomic mass is 35.5. The Labute approximate surface area is 152 Å². The lowest BCUT2D eigenvalue weighted by Crippen LogP contribution is -2.27. The lowest BCUT2D eigenvalue weighted by Gasteiger charge is -2.16. The fourth-order valence-corrected chi connectivity index (χ4v) is 2.92. The van der Waals surface area contributed by atoms with E-state index >= 15 is 0 Å². The van der Waals surface area contributed by atoms with Gasteiger partial charge >= 0.3 is 0 Å². The topological polar surface area (TPSA) is 58.2 Å².